The number of rotatable bonds is 0. The minimum absolute atomic E-state index is 0.363. The summed E-state index contributed by atoms with van der Waals surface area (Å²) in [4.78, 5) is 13.7. The first-order valence-electron chi connectivity index (χ1n) is 6.00. The number of para-hydroxylation sites is 1. The zero-order valence-electron chi connectivity index (χ0n) is 9.71. The van der Waals surface area contributed by atoms with Crippen LogP contribution in [0.1, 0.15) is 22.9 Å². The highest BCUT2D eigenvalue weighted by Gasteiger charge is 2.29. The first-order valence-corrected chi connectivity index (χ1v) is 6.99. The molecule has 0 spiro atoms. The van der Waals surface area contributed by atoms with Crippen molar-refractivity contribution in [3.63, 3.8) is 0 Å². The molecule has 0 aliphatic carbocycles. The predicted molar refractivity (Wildman–Crippen MR) is 73.3 cm³/mol. The zero-order valence-corrected chi connectivity index (χ0v) is 10.5. The molecule has 1 aromatic carbocycles. The molecular weight excluding hydrogens is 242 g/mol. The largest absolute Gasteiger partial charge is 0.258 e. The van der Waals surface area contributed by atoms with Crippen LogP contribution in [0.25, 0.3) is 0 Å². The van der Waals surface area contributed by atoms with Crippen LogP contribution in [0.2, 0.25) is 0 Å². The van der Waals surface area contributed by atoms with Crippen molar-refractivity contribution in [2.45, 2.75) is 18.1 Å². The van der Waals surface area contributed by atoms with Gasteiger partial charge >= 0.3 is 0 Å². The molecule has 0 N–H and O–H groups in total. The van der Waals surface area contributed by atoms with Gasteiger partial charge in [0.15, 0.2) is 0 Å². The highest BCUT2D eigenvalue weighted by Crippen LogP contribution is 2.41. The average molecular weight is 253 g/mol. The van der Waals surface area contributed by atoms with E-state index in [1.165, 1.54) is 10.6 Å². The van der Waals surface area contributed by atoms with Crippen LogP contribution in [0.4, 0.5) is 5.69 Å². The van der Waals surface area contributed by atoms with Crippen molar-refractivity contribution < 1.29 is 0 Å². The summed E-state index contributed by atoms with van der Waals surface area (Å²) in [5.74, 6) is 1.22. The second-order valence-electron chi connectivity index (χ2n) is 4.55. The Morgan fingerprint density at radius 3 is 2.78 bits per heavy atom. The van der Waals surface area contributed by atoms with Crippen molar-refractivity contribution in [2.75, 3.05) is 0 Å². The maximum atomic E-state index is 4.76. The predicted octanol–water partition coefficient (Wildman–Crippen LogP) is 3.09. The van der Waals surface area contributed by atoms with Gasteiger partial charge in [-0.1, -0.05) is 18.2 Å². The van der Waals surface area contributed by atoms with Gasteiger partial charge in [0.1, 0.15) is 0 Å². The van der Waals surface area contributed by atoms with Gasteiger partial charge < -0.3 is 0 Å². The summed E-state index contributed by atoms with van der Waals surface area (Å²) in [5.41, 5.74) is 4.53. The first-order chi connectivity index (χ1) is 8.90. The molecule has 1 aromatic heterocycles. The molecule has 1 atom stereocenters. The molecule has 1 unspecified atom stereocenters. The molecule has 4 heteroatoms. The van der Waals surface area contributed by atoms with E-state index in [1.54, 1.807) is 11.8 Å². The van der Waals surface area contributed by atoms with E-state index < -0.39 is 0 Å². The highest BCUT2D eigenvalue weighted by atomic mass is 32.2. The molecule has 88 valence electrons. The molecule has 3 aliphatic heterocycles. The molecule has 0 amide bonds. The highest BCUT2D eigenvalue weighted by molar-refractivity contribution is 8.13. The van der Waals surface area contributed by atoms with Crippen molar-refractivity contribution in [1.82, 2.24) is 9.97 Å². The summed E-state index contributed by atoms with van der Waals surface area (Å²) in [6.07, 6.45) is 4.69. The minimum atomic E-state index is 0.363. The Morgan fingerprint density at radius 2 is 1.89 bits per heavy atom. The van der Waals surface area contributed by atoms with E-state index in [2.05, 4.69) is 28.2 Å². The van der Waals surface area contributed by atoms with Gasteiger partial charge in [-0.25, -0.2) is 4.99 Å². The number of hydrogen-bond donors (Lipinski definition) is 0. The fourth-order valence-corrected chi connectivity index (χ4v) is 3.48. The summed E-state index contributed by atoms with van der Waals surface area (Å²) in [5, 5.41) is 1.21. The molecule has 0 fully saturated rings. The van der Waals surface area contributed by atoms with E-state index in [0.29, 0.717) is 5.92 Å². The number of thioether (sulfide) groups is 1. The summed E-state index contributed by atoms with van der Waals surface area (Å²) in [6.45, 7) is 0. The van der Waals surface area contributed by atoms with Crippen LogP contribution in [-0.2, 0) is 12.2 Å². The van der Waals surface area contributed by atoms with E-state index >= 15 is 0 Å². The van der Waals surface area contributed by atoms with Gasteiger partial charge in [0.2, 0.25) is 0 Å². The Bertz CT molecular complexity index is 634. The molecule has 18 heavy (non-hydrogen) atoms. The zero-order chi connectivity index (χ0) is 11.9. The van der Waals surface area contributed by atoms with Gasteiger partial charge in [-0.15, -0.1) is 11.8 Å². The third-order valence-corrected chi connectivity index (χ3v) is 4.49. The van der Waals surface area contributed by atoms with Crippen LogP contribution in [0.5, 0.6) is 0 Å². The lowest BCUT2D eigenvalue weighted by Crippen LogP contribution is -2.08. The second-order valence-corrected chi connectivity index (χ2v) is 5.55. The Labute approximate surface area is 109 Å². The molecule has 0 saturated heterocycles. The van der Waals surface area contributed by atoms with Gasteiger partial charge in [0.25, 0.3) is 0 Å². The number of aromatic nitrogens is 2. The maximum absolute atomic E-state index is 4.76. The minimum Gasteiger partial charge on any atom is -0.258 e. The SMILES string of the molecule is c1ccc2c(c1)N=C1SCc3cnc(cn3)CC12. The van der Waals surface area contributed by atoms with E-state index in [4.69, 9.17) is 4.99 Å². The smallest absolute Gasteiger partial charge is 0.0822 e. The summed E-state index contributed by atoms with van der Waals surface area (Å²) < 4.78 is 0. The van der Waals surface area contributed by atoms with Crippen molar-refractivity contribution in [2.24, 2.45) is 4.99 Å². The summed E-state index contributed by atoms with van der Waals surface area (Å²) in [7, 11) is 0. The Kier molecular flexibility index (Phi) is 2.23. The number of benzene rings is 1. The van der Waals surface area contributed by atoms with Crippen molar-refractivity contribution in [1.29, 1.82) is 0 Å². The Balaban J connectivity index is 1.82. The number of hydrogen-bond acceptors (Lipinski definition) is 4. The average Bonchev–Trinajstić information content (AvgIpc) is 2.80. The Morgan fingerprint density at radius 1 is 1.06 bits per heavy atom. The quantitative estimate of drug-likeness (QED) is 0.724. The number of aliphatic imine (C=N–C) groups is 1. The van der Waals surface area contributed by atoms with E-state index in [9.17, 15) is 0 Å². The van der Waals surface area contributed by atoms with Gasteiger partial charge in [0, 0.05) is 30.5 Å². The van der Waals surface area contributed by atoms with Crippen molar-refractivity contribution in [3.05, 3.63) is 53.6 Å². The molecule has 0 radical (unpaired) electrons. The third kappa shape index (κ3) is 1.56. The van der Waals surface area contributed by atoms with Gasteiger partial charge in [-0.3, -0.25) is 9.97 Å². The van der Waals surface area contributed by atoms with E-state index in [1.807, 2.05) is 18.5 Å². The summed E-state index contributed by atoms with van der Waals surface area (Å²) in [6, 6.07) is 8.40. The molecule has 2 bridgehead atoms. The molecular formula is C14H11N3S. The van der Waals surface area contributed by atoms with E-state index in [0.717, 1.165) is 29.2 Å². The van der Waals surface area contributed by atoms with Crippen molar-refractivity contribution >= 4 is 22.5 Å². The second kappa shape index (κ2) is 3.92. The van der Waals surface area contributed by atoms with Crippen LogP contribution >= 0.6 is 11.8 Å². The van der Waals surface area contributed by atoms with Gasteiger partial charge in [-0.05, 0) is 11.6 Å². The fraction of sp³-hybridized carbons (Fsp3) is 0.214. The molecule has 0 saturated carbocycles. The molecule has 3 nitrogen and oxygen atoms in total. The normalized spacial score (nSPS) is 20.4. The molecule has 5 rings (SSSR count). The van der Waals surface area contributed by atoms with Crippen LogP contribution in [0, 0.1) is 0 Å². The first kappa shape index (κ1) is 10.3. The third-order valence-electron chi connectivity index (χ3n) is 3.38. The summed E-state index contributed by atoms with van der Waals surface area (Å²) >= 11 is 1.79. The van der Waals surface area contributed by atoms with Crippen LogP contribution in [0.15, 0.2) is 41.7 Å². The Hall–Kier alpha value is -1.68. The lowest BCUT2D eigenvalue weighted by atomic mass is 9.96. The van der Waals surface area contributed by atoms with Crippen LogP contribution < -0.4 is 0 Å². The van der Waals surface area contributed by atoms with Gasteiger partial charge in [-0.2, -0.15) is 0 Å². The number of nitrogens with zero attached hydrogens (tertiary/aromatic N) is 3. The van der Waals surface area contributed by atoms with Gasteiger partial charge in [0.05, 0.1) is 22.1 Å². The maximum Gasteiger partial charge on any atom is 0.0822 e. The fourth-order valence-electron chi connectivity index (χ4n) is 2.46. The molecule has 3 aliphatic rings. The molecule has 4 heterocycles. The monoisotopic (exact) mass is 253 g/mol. The standard InChI is InChI=1S/C14H11N3S/c1-2-4-13-11(3-1)12-5-9-6-16-10(7-15-9)8-18-14(12)17-13/h1-4,6-7,12H,5,8H2. The van der Waals surface area contributed by atoms with Crippen LogP contribution in [0.3, 0.4) is 0 Å². The van der Waals surface area contributed by atoms with E-state index in [-0.39, 0.29) is 0 Å². The lowest BCUT2D eigenvalue weighted by molar-refractivity contribution is 0.856. The molecule has 2 aromatic rings. The van der Waals surface area contributed by atoms with Crippen molar-refractivity contribution in [3.8, 4) is 0 Å². The topological polar surface area (TPSA) is 38.1 Å². The number of fused-ring (bicyclic) bond motifs is 4. The van der Waals surface area contributed by atoms with Crippen LogP contribution in [-0.4, -0.2) is 15.0 Å². The lowest BCUT2D eigenvalue weighted by Gasteiger charge is -2.11.